The molecule has 0 saturated heterocycles. The lowest BCUT2D eigenvalue weighted by Gasteiger charge is -2.09. The second-order valence-electron chi connectivity index (χ2n) is 5.91. The number of fused-ring (bicyclic) bond motifs is 1. The number of carbonyl (C=O) groups is 2. The van der Waals surface area contributed by atoms with E-state index in [9.17, 15) is 9.59 Å². The van der Waals surface area contributed by atoms with Crippen molar-refractivity contribution in [2.24, 2.45) is 0 Å². The van der Waals surface area contributed by atoms with Gasteiger partial charge < -0.3 is 19.2 Å². The fraction of sp³-hybridized carbons (Fsp3) is 0.100. The minimum atomic E-state index is -0.491. The highest BCUT2D eigenvalue weighted by molar-refractivity contribution is 6.33. The molecule has 1 aromatic heterocycles. The molecule has 7 heteroatoms. The number of amides is 1. The zero-order chi connectivity index (χ0) is 19.0. The van der Waals surface area contributed by atoms with Gasteiger partial charge in [-0.05, 0) is 37.3 Å². The third-order valence-electron chi connectivity index (χ3n) is 4.11. The molecule has 2 aromatic carbocycles. The summed E-state index contributed by atoms with van der Waals surface area (Å²) in [5.41, 5.74) is 1.34. The molecule has 3 aromatic rings. The van der Waals surface area contributed by atoms with Crippen molar-refractivity contribution in [1.82, 2.24) is 0 Å². The van der Waals surface area contributed by atoms with Gasteiger partial charge in [-0.15, -0.1) is 0 Å². The van der Waals surface area contributed by atoms with Gasteiger partial charge in [0.25, 0.3) is 5.91 Å². The van der Waals surface area contributed by atoms with Gasteiger partial charge in [-0.1, -0.05) is 23.7 Å². The Labute approximate surface area is 159 Å². The van der Waals surface area contributed by atoms with Crippen LogP contribution in [0.5, 0.6) is 11.5 Å². The van der Waals surface area contributed by atoms with Crippen LogP contribution < -0.4 is 14.8 Å². The second kappa shape index (κ2) is 6.81. The first kappa shape index (κ1) is 17.2. The van der Waals surface area contributed by atoms with Crippen molar-refractivity contribution in [3.05, 3.63) is 64.9 Å². The Morgan fingerprint density at radius 1 is 1.04 bits per heavy atom. The summed E-state index contributed by atoms with van der Waals surface area (Å²) in [5, 5.41) is 3.22. The molecule has 0 aliphatic carbocycles. The Hall–Kier alpha value is -3.25. The highest BCUT2D eigenvalue weighted by Crippen LogP contribution is 2.37. The van der Waals surface area contributed by atoms with Crippen LogP contribution in [0, 0.1) is 0 Å². The molecule has 0 bridgehead atoms. The lowest BCUT2D eigenvalue weighted by atomic mass is 10.1. The van der Waals surface area contributed by atoms with Gasteiger partial charge in [-0.3, -0.25) is 9.59 Å². The smallest absolute Gasteiger partial charge is 0.291 e. The number of nitrogens with one attached hydrogen (secondary N) is 1. The summed E-state index contributed by atoms with van der Waals surface area (Å²) < 4.78 is 16.2. The lowest BCUT2D eigenvalue weighted by molar-refractivity contribution is 0.0997. The minimum absolute atomic E-state index is 0.0729. The molecule has 27 heavy (non-hydrogen) atoms. The van der Waals surface area contributed by atoms with Crippen LogP contribution in [0.25, 0.3) is 11.3 Å². The number of rotatable bonds is 4. The average Bonchev–Trinajstić information content (AvgIpc) is 3.30. The number of ketones is 1. The van der Waals surface area contributed by atoms with E-state index in [1.807, 2.05) is 12.1 Å². The first-order valence-electron chi connectivity index (χ1n) is 8.13. The number of benzene rings is 2. The molecule has 0 atom stereocenters. The molecule has 2 heterocycles. The van der Waals surface area contributed by atoms with E-state index >= 15 is 0 Å². The maximum Gasteiger partial charge on any atom is 0.291 e. The fourth-order valence-electron chi connectivity index (χ4n) is 2.79. The van der Waals surface area contributed by atoms with Crippen LogP contribution >= 0.6 is 11.6 Å². The molecule has 0 fully saturated rings. The fourth-order valence-corrected chi connectivity index (χ4v) is 3.02. The zero-order valence-electron chi connectivity index (χ0n) is 14.2. The first-order chi connectivity index (χ1) is 13.0. The zero-order valence-corrected chi connectivity index (χ0v) is 15.0. The summed E-state index contributed by atoms with van der Waals surface area (Å²) >= 11 is 6.16. The van der Waals surface area contributed by atoms with E-state index in [0.717, 1.165) is 0 Å². The minimum Gasteiger partial charge on any atom is -0.454 e. The van der Waals surface area contributed by atoms with E-state index in [-0.39, 0.29) is 18.3 Å². The van der Waals surface area contributed by atoms with Gasteiger partial charge in [-0.25, -0.2) is 0 Å². The SMILES string of the molecule is CC(=O)c1cc2c(cc1NC(=O)c1ccc(-c3ccccc3Cl)o1)OCO2. The topological polar surface area (TPSA) is 77.8 Å². The molecule has 0 unspecified atom stereocenters. The van der Waals surface area contributed by atoms with Gasteiger partial charge in [0.1, 0.15) is 5.76 Å². The van der Waals surface area contributed by atoms with E-state index in [1.54, 1.807) is 36.4 Å². The molecule has 136 valence electrons. The van der Waals surface area contributed by atoms with E-state index in [1.165, 1.54) is 6.92 Å². The molecule has 4 rings (SSSR count). The molecular weight excluding hydrogens is 370 g/mol. The molecule has 1 N–H and O–H groups in total. The quantitative estimate of drug-likeness (QED) is 0.656. The van der Waals surface area contributed by atoms with Crippen molar-refractivity contribution >= 4 is 29.0 Å². The number of furan rings is 1. The molecule has 1 aliphatic heterocycles. The molecule has 0 radical (unpaired) electrons. The summed E-state index contributed by atoms with van der Waals surface area (Å²) in [6, 6.07) is 13.5. The molecule has 1 amide bonds. The maximum atomic E-state index is 12.6. The van der Waals surface area contributed by atoms with Crippen molar-refractivity contribution in [2.45, 2.75) is 6.92 Å². The number of Topliss-reactive ketones (excluding diaryl/α,β-unsaturated/α-hetero) is 1. The highest BCUT2D eigenvalue weighted by atomic mass is 35.5. The van der Waals surface area contributed by atoms with Crippen LogP contribution in [0.4, 0.5) is 5.69 Å². The monoisotopic (exact) mass is 383 g/mol. The number of hydrogen-bond acceptors (Lipinski definition) is 5. The van der Waals surface area contributed by atoms with E-state index < -0.39 is 5.91 Å². The van der Waals surface area contributed by atoms with Gasteiger partial charge in [0, 0.05) is 17.2 Å². The Balaban J connectivity index is 1.62. The van der Waals surface area contributed by atoms with Gasteiger partial charge in [0.2, 0.25) is 6.79 Å². The summed E-state index contributed by atoms with van der Waals surface area (Å²) in [6.07, 6.45) is 0. The predicted octanol–water partition coefficient (Wildman–Crippen LogP) is 4.78. The number of halogens is 1. The van der Waals surface area contributed by atoms with Gasteiger partial charge in [0.05, 0.1) is 10.7 Å². The second-order valence-corrected chi connectivity index (χ2v) is 6.31. The number of ether oxygens (including phenoxy) is 2. The average molecular weight is 384 g/mol. The molecule has 0 saturated carbocycles. The van der Waals surface area contributed by atoms with E-state index in [0.29, 0.717) is 39.1 Å². The first-order valence-corrected chi connectivity index (χ1v) is 8.51. The summed E-state index contributed by atoms with van der Waals surface area (Å²) in [6.45, 7) is 1.49. The summed E-state index contributed by atoms with van der Waals surface area (Å²) in [7, 11) is 0. The van der Waals surface area contributed by atoms with E-state index in [2.05, 4.69) is 5.32 Å². The van der Waals surface area contributed by atoms with Crippen LogP contribution in [-0.2, 0) is 0 Å². The van der Waals surface area contributed by atoms with Gasteiger partial charge in [-0.2, -0.15) is 0 Å². The van der Waals surface area contributed by atoms with Crippen molar-refractivity contribution in [1.29, 1.82) is 0 Å². The van der Waals surface area contributed by atoms with Crippen LogP contribution in [-0.4, -0.2) is 18.5 Å². The predicted molar refractivity (Wildman–Crippen MR) is 99.7 cm³/mol. The van der Waals surface area contributed by atoms with Crippen molar-refractivity contribution in [3.63, 3.8) is 0 Å². The Morgan fingerprint density at radius 2 is 1.78 bits per heavy atom. The van der Waals surface area contributed by atoms with Crippen LogP contribution in [0.2, 0.25) is 5.02 Å². The number of carbonyl (C=O) groups excluding carboxylic acids is 2. The Bertz CT molecular complexity index is 1060. The normalized spacial score (nSPS) is 12.1. The molecule has 6 nitrogen and oxygen atoms in total. The molecular formula is C20H14ClNO5. The summed E-state index contributed by atoms with van der Waals surface area (Å²) in [5.74, 6) is 0.804. The molecule has 1 aliphatic rings. The standard InChI is InChI=1S/C20H14ClNO5/c1-11(23)13-8-18-19(26-10-25-18)9-15(13)22-20(24)17-7-6-16(27-17)12-4-2-3-5-14(12)21/h2-9H,10H2,1H3,(H,22,24). The van der Waals surface area contributed by atoms with E-state index in [4.69, 9.17) is 25.5 Å². The third kappa shape index (κ3) is 3.27. The highest BCUT2D eigenvalue weighted by Gasteiger charge is 2.22. The van der Waals surface area contributed by atoms with Crippen molar-refractivity contribution in [2.75, 3.05) is 12.1 Å². The maximum absolute atomic E-state index is 12.6. The van der Waals surface area contributed by atoms with Gasteiger partial charge in [0.15, 0.2) is 23.0 Å². The van der Waals surface area contributed by atoms with Crippen LogP contribution in [0.3, 0.4) is 0 Å². The van der Waals surface area contributed by atoms with Crippen LogP contribution in [0.1, 0.15) is 27.8 Å². The lowest BCUT2D eigenvalue weighted by Crippen LogP contribution is -2.13. The molecule has 0 spiro atoms. The summed E-state index contributed by atoms with van der Waals surface area (Å²) in [4.78, 5) is 24.5. The number of anilines is 1. The van der Waals surface area contributed by atoms with Crippen LogP contribution in [0.15, 0.2) is 52.9 Å². The Morgan fingerprint density at radius 3 is 2.52 bits per heavy atom. The largest absolute Gasteiger partial charge is 0.454 e. The number of hydrogen-bond donors (Lipinski definition) is 1. The van der Waals surface area contributed by atoms with Crippen molar-refractivity contribution in [3.8, 4) is 22.8 Å². The van der Waals surface area contributed by atoms with Gasteiger partial charge >= 0.3 is 0 Å². The third-order valence-corrected chi connectivity index (χ3v) is 4.44. The van der Waals surface area contributed by atoms with Crippen molar-refractivity contribution < 1.29 is 23.5 Å². The Kier molecular flexibility index (Phi) is 4.33.